The average molecular weight is 233 g/mol. The smallest absolute Gasteiger partial charge is 0.128 e. The predicted octanol–water partition coefficient (Wildman–Crippen LogP) is 3.50. The highest BCUT2D eigenvalue weighted by Crippen LogP contribution is 2.28. The van der Waals surface area contributed by atoms with Gasteiger partial charge < -0.3 is 10.6 Å². The fourth-order valence-corrected chi connectivity index (χ4v) is 2.58. The molecule has 94 valence electrons. The number of nitrogens with zero attached hydrogens (tertiary/aromatic N) is 1. The fourth-order valence-electron chi connectivity index (χ4n) is 2.58. The lowest BCUT2D eigenvalue weighted by molar-refractivity contribution is 0.330. The van der Waals surface area contributed by atoms with Gasteiger partial charge in [0.25, 0.3) is 0 Å². The van der Waals surface area contributed by atoms with Crippen molar-refractivity contribution >= 4 is 11.6 Å². The van der Waals surface area contributed by atoms with Gasteiger partial charge >= 0.3 is 0 Å². The lowest BCUT2D eigenvalue weighted by atomic mass is 9.84. The Morgan fingerprint density at radius 2 is 1.88 bits per heavy atom. The summed E-state index contributed by atoms with van der Waals surface area (Å²) in [5, 5.41) is 6.62. The molecule has 2 N–H and O–H groups in total. The molecule has 0 bridgehead atoms. The first-order chi connectivity index (χ1) is 8.31. The van der Waals surface area contributed by atoms with Crippen LogP contribution in [0.3, 0.4) is 0 Å². The van der Waals surface area contributed by atoms with Crippen LogP contribution in [0, 0.1) is 5.92 Å². The molecule has 3 heteroatoms. The fraction of sp³-hybridized carbons (Fsp3) is 0.643. The highest BCUT2D eigenvalue weighted by Gasteiger charge is 2.19. The minimum absolute atomic E-state index is 0.609. The largest absolute Gasteiger partial charge is 0.373 e. The highest BCUT2D eigenvalue weighted by molar-refractivity contribution is 5.45. The summed E-state index contributed by atoms with van der Waals surface area (Å²) in [5.41, 5.74) is 0. The first kappa shape index (κ1) is 12.2. The SMILES string of the molecule is CCC1CCC(Nc2cccc(NC)n2)CC1. The quantitative estimate of drug-likeness (QED) is 0.835. The van der Waals surface area contributed by atoms with E-state index in [1.807, 2.05) is 25.2 Å². The van der Waals surface area contributed by atoms with Gasteiger partial charge in [0.2, 0.25) is 0 Å². The molecule has 0 aliphatic heterocycles. The van der Waals surface area contributed by atoms with E-state index in [-0.39, 0.29) is 0 Å². The maximum Gasteiger partial charge on any atom is 0.128 e. The van der Waals surface area contributed by atoms with Crippen LogP contribution in [0.2, 0.25) is 0 Å². The van der Waals surface area contributed by atoms with E-state index < -0.39 is 0 Å². The van der Waals surface area contributed by atoms with Crippen molar-refractivity contribution in [1.82, 2.24) is 4.98 Å². The normalized spacial score (nSPS) is 24.4. The molecule has 1 aliphatic carbocycles. The van der Waals surface area contributed by atoms with Gasteiger partial charge in [0.1, 0.15) is 11.6 Å². The molecular weight excluding hydrogens is 210 g/mol. The standard InChI is InChI=1S/C14H23N3/c1-3-11-7-9-12(10-8-11)16-14-6-4-5-13(15-2)17-14/h4-6,11-12H,3,7-10H2,1-2H3,(H2,15,16,17). The van der Waals surface area contributed by atoms with Gasteiger partial charge in [-0.25, -0.2) is 4.98 Å². The van der Waals surface area contributed by atoms with E-state index >= 15 is 0 Å². The Kier molecular flexibility index (Phi) is 4.24. The highest BCUT2D eigenvalue weighted by atomic mass is 15.1. The zero-order chi connectivity index (χ0) is 12.1. The van der Waals surface area contributed by atoms with E-state index in [2.05, 4.69) is 22.5 Å². The molecule has 17 heavy (non-hydrogen) atoms. The summed E-state index contributed by atoms with van der Waals surface area (Å²) in [4.78, 5) is 4.50. The van der Waals surface area contributed by atoms with Gasteiger partial charge in [-0.3, -0.25) is 0 Å². The van der Waals surface area contributed by atoms with Crippen molar-refractivity contribution in [3.63, 3.8) is 0 Å². The van der Waals surface area contributed by atoms with E-state index in [1.165, 1.54) is 32.1 Å². The number of pyridine rings is 1. The molecule has 1 aromatic heterocycles. The van der Waals surface area contributed by atoms with Crippen LogP contribution in [0.4, 0.5) is 11.6 Å². The molecule has 3 nitrogen and oxygen atoms in total. The van der Waals surface area contributed by atoms with Crippen LogP contribution in [-0.4, -0.2) is 18.1 Å². The van der Waals surface area contributed by atoms with E-state index in [9.17, 15) is 0 Å². The summed E-state index contributed by atoms with van der Waals surface area (Å²) < 4.78 is 0. The average Bonchev–Trinajstić information content (AvgIpc) is 2.40. The summed E-state index contributed by atoms with van der Waals surface area (Å²) in [6.07, 6.45) is 6.62. The zero-order valence-electron chi connectivity index (χ0n) is 10.9. The van der Waals surface area contributed by atoms with Crippen LogP contribution >= 0.6 is 0 Å². The number of anilines is 2. The Bertz CT molecular complexity index is 343. The van der Waals surface area contributed by atoms with Gasteiger partial charge in [0.05, 0.1) is 0 Å². The van der Waals surface area contributed by atoms with E-state index in [0.29, 0.717) is 6.04 Å². The Morgan fingerprint density at radius 3 is 2.53 bits per heavy atom. The molecule has 0 saturated heterocycles. The molecule has 0 radical (unpaired) electrons. The number of nitrogens with one attached hydrogen (secondary N) is 2. The lowest BCUT2D eigenvalue weighted by Crippen LogP contribution is -2.26. The van der Waals surface area contributed by atoms with Crippen molar-refractivity contribution in [2.75, 3.05) is 17.7 Å². The molecule has 1 aromatic rings. The number of aromatic nitrogens is 1. The second kappa shape index (κ2) is 5.89. The van der Waals surface area contributed by atoms with Crippen LogP contribution < -0.4 is 10.6 Å². The lowest BCUT2D eigenvalue weighted by Gasteiger charge is -2.28. The second-order valence-corrected chi connectivity index (χ2v) is 4.93. The Hall–Kier alpha value is -1.25. The summed E-state index contributed by atoms with van der Waals surface area (Å²) in [5.74, 6) is 2.87. The topological polar surface area (TPSA) is 37.0 Å². The first-order valence-corrected chi connectivity index (χ1v) is 6.73. The molecule has 1 saturated carbocycles. The maximum atomic E-state index is 4.50. The van der Waals surface area contributed by atoms with E-state index in [0.717, 1.165) is 17.6 Å². The molecule has 1 fully saturated rings. The number of hydrogen-bond acceptors (Lipinski definition) is 3. The molecule has 1 aliphatic rings. The van der Waals surface area contributed by atoms with Gasteiger partial charge in [0.15, 0.2) is 0 Å². The molecule has 0 aromatic carbocycles. The van der Waals surface area contributed by atoms with Crippen molar-refractivity contribution < 1.29 is 0 Å². The number of hydrogen-bond donors (Lipinski definition) is 2. The van der Waals surface area contributed by atoms with Crippen molar-refractivity contribution in [2.45, 2.75) is 45.1 Å². The van der Waals surface area contributed by atoms with Crippen molar-refractivity contribution in [3.8, 4) is 0 Å². The molecule has 0 unspecified atom stereocenters. The molecular formula is C14H23N3. The molecule has 0 spiro atoms. The van der Waals surface area contributed by atoms with Gasteiger partial charge in [0, 0.05) is 13.1 Å². The minimum atomic E-state index is 0.609. The second-order valence-electron chi connectivity index (χ2n) is 4.93. The van der Waals surface area contributed by atoms with Gasteiger partial charge in [-0.05, 0) is 43.7 Å². The van der Waals surface area contributed by atoms with Crippen molar-refractivity contribution in [1.29, 1.82) is 0 Å². The van der Waals surface area contributed by atoms with Crippen molar-refractivity contribution in [2.24, 2.45) is 5.92 Å². The van der Waals surface area contributed by atoms with Crippen LogP contribution in [0.15, 0.2) is 18.2 Å². The third-order valence-electron chi connectivity index (χ3n) is 3.78. The summed E-state index contributed by atoms with van der Waals surface area (Å²) in [6, 6.07) is 6.68. The van der Waals surface area contributed by atoms with Crippen LogP contribution in [-0.2, 0) is 0 Å². The Balaban J connectivity index is 1.88. The van der Waals surface area contributed by atoms with Crippen LogP contribution in [0.25, 0.3) is 0 Å². The Morgan fingerprint density at radius 1 is 1.18 bits per heavy atom. The summed E-state index contributed by atoms with van der Waals surface area (Å²) >= 11 is 0. The summed E-state index contributed by atoms with van der Waals surface area (Å²) in [7, 11) is 1.90. The molecule has 0 amide bonds. The van der Waals surface area contributed by atoms with Crippen molar-refractivity contribution in [3.05, 3.63) is 18.2 Å². The van der Waals surface area contributed by atoms with Gasteiger partial charge in [-0.1, -0.05) is 19.4 Å². The van der Waals surface area contributed by atoms with Gasteiger partial charge in [-0.2, -0.15) is 0 Å². The van der Waals surface area contributed by atoms with E-state index in [4.69, 9.17) is 0 Å². The zero-order valence-corrected chi connectivity index (χ0v) is 10.9. The predicted molar refractivity (Wildman–Crippen MR) is 73.4 cm³/mol. The molecule has 1 heterocycles. The van der Waals surface area contributed by atoms with Crippen LogP contribution in [0.1, 0.15) is 39.0 Å². The first-order valence-electron chi connectivity index (χ1n) is 6.73. The third-order valence-corrected chi connectivity index (χ3v) is 3.78. The summed E-state index contributed by atoms with van der Waals surface area (Å²) in [6.45, 7) is 2.30. The van der Waals surface area contributed by atoms with Gasteiger partial charge in [-0.15, -0.1) is 0 Å². The van der Waals surface area contributed by atoms with E-state index in [1.54, 1.807) is 0 Å². The molecule has 0 atom stereocenters. The minimum Gasteiger partial charge on any atom is -0.373 e. The number of rotatable bonds is 4. The molecule has 2 rings (SSSR count). The monoisotopic (exact) mass is 233 g/mol. The third kappa shape index (κ3) is 3.35. The Labute approximate surface area is 104 Å². The van der Waals surface area contributed by atoms with Crippen LogP contribution in [0.5, 0.6) is 0 Å². The maximum absolute atomic E-state index is 4.50.